The Morgan fingerprint density at radius 2 is 1.72 bits per heavy atom. The molecule has 0 unspecified atom stereocenters. The van der Waals surface area contributed by atoms with Crippen LogP contribution in [0.5, 0.6) is 17.2 Å². The van der Waals surface area contributed by atoms with Crippen molar-refractivity contribution in [3.63, 3.8) is 0 Å². The van der Waals surface area contributed by atoms with E-state index in [2.05, 4.69) is 10.6 Å². The number of methoxy groups -OCH3 is 3. The first kappa shape index (κ1) is 18.4. The maximum absolute atomic E-state index is 12.0. The van der Waals surface area contributed by atoms with Crippen LogP contribution in [0, 0.1) is 0 Å². The third-order valence-electron chi connectivity index (χ3n) is 3.76. The van der Waals surface area contributed by atoms with Crippen LogP contribution in [0.2, 0.25) is 0 Å². The topological polar surface area (TPSA) is 68.8 Å². The number of para-hydroxylation sites is 1. The molecule has 2 aromatic rings. The Kier molecular flexibility index (Phi) is 6.95. The summed E-state index contributed by atoms with van der Waals surface area (Å²) in [6, 6.07) is 13.2. The highest BCUT2D eigenvalue weighted by Gasteiger charge is 2.07. The zero-order chi connectivity index (χ0) is 18.1. The van der Waals surface area contributed by atoms with Crippen molar-refractivity contribution in [1.29, 1.82) is 0 Å². The number of nitrogens with one attached hydrogen (secondary N) is 2. The first-order valence-corrected chi connectivity index (χ1v) is 8.02. The van der Waals surface area contributed by atoms with Crippen molar-refractivity contribution in [2.24, 2.45) is 0 Å². The fraction of sp³-hybridized carbons (Fsp3) is 0.316. The molecule has 0 radical (unpaired) electrons. The molecule has 0 aliphatic heterocycles. The summed E-state index contributed by atoms with van der Waals surface area (Å²) in [5.41, 5.74) is 1.80. The lowest BCUT2D eigenvalue weighted by Gasteiger charge is -2.13. The molecule has 0 spiro atoms. The van der Waals surface area contributed by atoms with Crippen LogP contribution >= 0.6 is 0 Å². The second kappa shape index (κ2) is 9.42. The van der Waals surface area contributed by atoms with Crippen molar-refractivity contribution in [2.75, 3.05) is 39.7 Å². The Morgan fingerprint density at radius 3 is 2.44 bits per heavy atom. The Hall–Kier alpha value is -2.89. The van der Waals surface area contributed by atoms with Gasteiger partial charge in [-0.2, -0.15) is 0 Å². The summed E-state index contributed by atoms with van der Waals surface area (Å²) in [6.45, 7) is 0.704. The van der Waals surface area contributed by atoms with Crippen LogP contribution in [0.3, 0.4) is 0 Å². The van der Waals surface area contributed by atoms with E-state index in [0.29, 0.717) is 24.5 Å². The molecule has 0 aromatic heterocycles. The quantitative estimate of drug-likeness (QED) is 0.731. The average Bonchev–Trinajstić information content (AvgIpc) is 2.66. The van der Waals surface area contributed by atoms with Crippen molar-refractivity contribution >= 4 is 11.6 Å². The Morgan fingerprint density at radius 1 is 0.960 bits per heavy atom. The van der Waals surface area contributed by atoms with Gasteiger partial charge in [-0.05, 0) is 30.2 Å². The van der Waals surface area contributed by atoms with Crippen LogP contribution in [0.1, 0.15) is 5.56 Å². The highest BCUT2D eigenvalue weighted by molar-refractivity contribution is 5.81. The molecule has 6 heteroatoms. The summed E-state index contributed by atoms with van der Waals surface area (Å²) in [5.74, 6) is 2.07. The van der Waals surface area contributed by atoms with Crippen molar-refractivity contribution in [2.45, 2.75) is 6.42 Å². The van der Waals surface area contributed by atoms with Gasteiger partial charge in [-0.15, -0.1) is 0 Å². The number of anilines is 1. The summed E-state index contributed by atoms with van der Waals surface area (Å²) in [6.07, 6.45) is 0.710. The maximum Gasteiger partial charge on any atom is 0.239 e. The van der Waals surface area contributed by atoms with Crippen LogP contribution in [0.4, 0.5) is 5.69 Å². The lowest BCUT2D eigenvalue weighted by atomic mass is 10.1. The summed E-state index contributed by atoms with van der Waals surface area (Å²) in [5, 5.41) is 5.96. The number of hydrogen-bond acceptors (Lipinski definition) is 5. The van der Waals surface area contributed by atoms with Gasteiger partial charge < -0.3 is 24.8 Å². The summed E-state index contributed by atoms with van der Waals surface area (Å²) in [4.78, 5) is 12.0. The summed E-state index contributed by atoms with van der Waals surface area (Å²) in [7, 11) is 4.81. The third-order valence-corrected chi connectivity index (χ3v) is 3.76. The molecule has 0 aliphatic carbocycles. The molecule has 0 bridgehead atoms. The molecule has 134 valence electrons. The molecule has 0 heterocycles. The van der Waals surface area contributed by atoms with E-state index in [4.69, 9.17) is 14.2 Å². The van der Waals surface area contributed by atoms with E-state index in [1.54, 1.807) is 27.4 Å². The Labute approximate surface area is 148 Å². The SMILES string of the molecule is COc1ccc(NCC(=O)NCCc2ccccc2OC)c(OC)c1. The zero-order valence-electron chi connectivity index (χ0n) is 14.8. The lowest BCUT2D eigenvalue weighted by Crippen LogP contribution is -2.31. The van der Waals surface area contributed by atoms with E-state index in [1.807, 2.05) is 36.4 Å². The van der Waals surface area contributed by atoms with E-state index in [0.717, 1.165) is 17.0 Å². The summed E-state index contributed by atoms with van der Waals surface area (Å²) >= 11 is 0. The minimum atomic E-state index is -0.0900. The minimum absolute atomic E-state index is 0.0900. The number of rotatable bonds is 9. The van der Waals surface area contributed by atoms with Crippen molar-refractivity contribution in [3.8, 4) is 17.2 Å². The van der Waals surface area contributed by atoms with E-state index >= 15 is 0 Å². The second-order valence-electron chi connectivity index (χ2n) is 5.33. The normalized spacial score (nSPS) is 10.0. The van der Waals surface area contributed by atoms with Crippen LogP contribution in [0.25, 0.3) is 0 Å². The largest absolute Gasteiger partial charge is 0.497 e. The molecule has 0 saturated heterocycles. The van der Waals surface area contributed by atoms with Crippen LogP contribution < -0.4 is 24.8 Å². The van der Waals surface area contributed by atoms with E-state index in [-0.39, 0.29) is 12.5 Å². The molecule has 2 aromatic carbocycles. The minimum Gasteiger partial charge on any atom is -0.497 e. The molecular formula is C19H24N2O4. The molecule has 2 rings (SSSR count). The highest BCUT2D eigenvalue weighted by atomic mass is 16.5. The first-order valence-electron chi connectivity index (χ1n) is 8.02. The molecule has 0 atom stereocenters. The Balaban J connectivity index is 1.81. The zero-order valence-corrected chi connectivity index (χ0v) is 14.8. The molecule has 0 fully saturated rings. The Bertz CT molecular complexity index is 704. The number of carbonyl (C=O) groups is 1. The molecule has 6 nitrogen and oxygen atoms in total. The smallest absolute Gasteiger partial charge is 0.239 e. The molecular weight excluding hydrogens is 320 g/mol. The fourth-order valence-electron chi connectivity index (χ4n) is 2.43. The van der Waals surface area contributed by atoms with Crippen molar-refractivity contribution in [3.05, 3.63) is 48.0 Å². The van der Waals surface area contributed by atoms with Gasteiger partial charge in [-0.3, -0.25) is 4.79 Å². The van der Waals surface area contributed by atoms with Gasteiger partial charge in [-0.25, -0.2) is 0 Å². The van der Waals surface area contributed by atoms with Crippen LogP contribution in [-0.2, 0) is 11.2 Å². The van der Waals surface area contributed by atoms with Gasteiger partial charge in [0.05, 0.1) is 33.6 Å². The monoisotopic (exact) mass is 344 g/mol. The van der Waals surface area contributed by atoms with E-state index < -0.39 is 0 Å². The number of benzene rings is 2. The number of amides is 1. The molecule has 1 amide bonds. The van der Waals surface area contributed by atoms with Gasteiger partial charge >= 0.3 is 0 Å². The van der Waals surface area contributed by atoms with Gasteiger partial charge in [0.2, 0.25) is 5.91 Å². The predicted octanol–water partition coefficient (Wildman–Crippen LogP) is 2.48. The van der Waals surface area contributed by atoms with Crippen molar-refractivity contribution < 1.29 is 19.0 Å². The molecule has 25 heavy (non-hydrogen) atoms. The lowest BCUT2D eigenvalue weighted by molar-refractivity contribution is -0.119. The number of ether oxygens (including phenoxy) is 3. The van der Waals surface area contributed by atoms with Gasteiger partial charge in [0.15, 0.2) is 0 Å². The van der Waals surface area contributed by atoms with Gasteiger partial charge in [-0.1, -0.05) is 18.2 Å². The fourth-order valence-corrected chi connectivity index (χ4v) is 2.43. The van der Waals surface area contributed by atoms with Gasteiger partial charge in [0.1, 0.15) is 17.2 Å². The maximum atomic E-state index is 12.0. The van der Waals surface area contributed by atoms with Crippen molar-refractivity contribution in [1.82, 2.24) is 5.32 Å². The van der Waals surface area contributed by atoms with Crippen LogP contribution in [0.15, 0.2) is 42.5 Å². The van der Waals surface area contributed by atoms with E-state index in [9.17, 15) is 4.79 Å². The molecule has 2 N–H and O–H groups in total. The van der Waals surface area contributed by atoms with Crippen LogP contribution in [-0.4, -0.2) is 40.3 Å². The number of hydrogen-bond donors (Lipinski definition) is 2. The van der Waals surface area contributed by atoms with Gasteiger partial charge in [0, 0.05) is 12.6 Å². The second-order valence-corrected chi connectivity index (χ2v) is 5.33. The highest BCUT2D eigenvalue weighted by Crippen LogP contribution is 2.28. The number of carbonyl (C=O) groups excluding carboxylic acids is 1. The summed E-state index contributed by atoms with van der Waals surface area (Å²) < 4.78 is 15.8. The third kappa shape index (κ3) is 5.31. The first-order chi connectivity index (χ1) is 12.2. The van der Waals surface area contributed by atoms with Gasteiger partial charge in [0.25, 0.3) is 0 Å². The molecule has 0 saturated carbocycles. The van der Waals surface area contributed by atoms with E-state index in [1.165, 1.54) is 0 Å². The average molecular weight is 344 g/mol. The molecule has 0 aliphatic rings. The standard InChI is InChI=1S/C19H24N2O4/c1-23-15-8-9-16(18(12-15)25-3)21-13-19(22)20-11-10-14-6-4-5-7-17(14)24-2/h4-9,12,21H,10-11,13H2,1-3H3,(H,20,22). The predicted molar refractivity (Wildman–Crippen MR) is 97.7 cm³/mol.